The van der Waals surface area contributed by atoms with Crippen molar-refractivity contribution < 1.29 is 9.59 Å². The Morgan fingerprint density at radius 1 is 1.31 bits per heavy atom. The minimum absolute atomic E-state index is 0.0103. The molecule has 90 valence electrons. The first kappa shape index (κ1) is 12.7. The standard InChI is InChI=1S/C11H19N3O2/c1-3-4-12-11(16)9-13-5-7-14(8-6-13)10(2)15/h3H,1,4-9H2,2H3,(H,12,16). The fourth-order valence-corrected chi connectivity index (χ4v) is 1.67. The maximum atomic E-state index is 11.4. The van der Waals surface area contributed by atoms with Gasteiger partial charge in [0.2, 0.25) is 11.8 Å². The molecular formula is C11H19N3O2. The maximum absolute atomic E-state index is 11.4. The molecule has 0 bridgehead atoms. The Hall–Kier alpha value is -1.36. The Balaban J connectivity index is 2.23. The molecule has 0 spiro atoms. The third-order valence-corrected chi connectivity index (χ3v) is 2.63. The second-order valence-electron chi connectivity index (χ2n) is 3.87. The summed E-state index contributed by atoms with van der Waals surface area (Å²) in [7, 11) is 0. The highest BCUT2D eigenvalue weighted by Crippen LogP contribution is 2.01. The number of nitrogens with zero attached hydrogens (tertiary/aromatic N) is 2. The van der Waals surface area contributed by atoms with Gasteiger partial charge in [0.25, 0.3) is 0 Å². The van der Waals surface area contributed by atoms with E-state index in [1.54, 1.807) is 17.9 Å². The number of rotatable bonds is 4. The van der Waals surface area contributed by atoms with E-state index in [0.717, 1.165) is 13.1 Å². The predicted molar refractivity (Wildman–Crippen MR) is 61.9 cm³/mol. The molecule has 0 radical (unpaired) electrons. The Morgan fingerprint density at radius 3 is 2.44 bits per heavy atom. The normalized spacial score (nSPS) is 16.9. The summed E-state index contributed by atoms with van der Waals surface area (Å²) in [6, 6.07) is 0. The smallest absolute Gasteiger partial charge is 0.234 e. The number of piperazine rings is 1. The van der Waals surface area contributed by atoms with E-state index in [4.69, 9.17) is 0 Å². The lowest BCUT2D eigenvalue weighted by Gasteiger charge is -2.33. The van der Waals surface area contributed by atoms with Gasteiger partial charge in [-0.1, -0.05) is 6.08 Å². The van der Waals surface area contributed by atoms with Gasteiger partial charge in [-0.05, 0) is 0 Å². The molecule has 0 aromatic rings. The van der Waals surface area contributed by atoms with Crippen LogP contribution in [0.25, 0.3) is 0 Å². The van der Waals surface area contributed by atoms with Crippen molar-refractivity contribution in [2.75, 3.05) is 39.3 Å². The van der Waals surface area contributed by atoms with E-state index in [1.165, 1.54) is 0 Å². The van der Waals surface area contributed by atoms with E-state index in [9.17, 15) is 9.59 Å². The van der Waals surface area contributed by atoms with Crippen LogP contribution < -0.4 is 5.32 Å². The van der Waals surface area contributed by atoms with Crippen LogP contribution in [0, 0.1) is 0 Å². The molecule has 0 atom stereocenters. The molecule has 0 saturated carbocycles. The number of carbonyl (C=O) groups is 2. The van der Waals surface area contributed by atoms with Crippen LogP contribution in [-0.2, 0) is 9.59 Å². The summed E-state index contributed by atoms with van der Waals surface area (Å²) in [5, 5.41) is 2.73. The lowest BCUT2D eigenvalue weighted by atomic mass is 10.3. The molecule has 1 N–H and O–H groups in total. The fraction of sp³-hybridized carbons (Fsp3) is 0.636. The fourth-order valence-electron chi connectivity index (χ4n) is 1.67. The SMILES string of the molecule is C=CCNC(=O)CN1CCN(C(C)=O)CC1. The van der Waals surface area contributed by atoms with Crippen LogP contribution >= 0.6 is 0 Å². The molecule has 1 saturated heterocycles. The van der Waals surface area contributed by atoms with E-state index in [0.29, 0.717) is 26.2 Å². The molecule has 5 nitrogen and oxygen atoms in total. The lowest BCUT2D eigenvalue weighted by molar-refractivity contribution is -0.130. The van der Waals surface area contributed by atoms with Crippen molar-refractivity contribution in [3.8, 4) is 0 Å². The van der Waals surface area contributed by atoms with E-state index in [2.05, 4.69) is 16.8 Å². The molecule has 2 amide bonds. The first-order chi connectivity index (χ1) is 7.63. The van der Waals surface area contributed by atoms with Crippen molar-refractivity contribution in [1.82, 2.24) is 15.1 Å². The van der Waals surface area contributed by atoms with Crippen LogP contribution in [0.5, 0.6) is 0 Å². The molecular weight excluding hydrogens is 206 g/mol. The highest BCUT2D eigenvalue weighted by molar-refractivity contribution is 5.78. The van der Waals surface area contributed by atoms with Crippen molar-refractivity contribution in [3.63, 3.8) is 0 Å². The summed E-state index contributed by atoms with van der Waals surface area (Å²) in [4.78, 5) is 26.3. The Morgan fingerprint density at radius 2 is 1.94 bits per heavy atom. The third-order valence-electron chi connectivity index (χ3n) is 2.63. The van der Waals surface area contributed by atoms with Crippen molar-refractivity contribution in [3.05, 3.63) is 12.7 Å². The molecule has 0 aliphatic carbocycles. The maximum Gasteiger partial charge on any atom is 0.234 e. The molecule has 5 heteroatoms. The number of amides is 2. The zero-order valence-corrected chi connectivity index (χ0v) is 9.74. The highest BCUT2D eigenvalue weighted by Gasteiger charge is 2.19. The molecule has 1 rings (SSSR count). The van der Waals surface area contributed by atoms with Gasteiger partial charge >= 0.3 is 0 Å². The van der Waals surface area contributed by atoms with Crippen LogP contribution in [0.15, 0.2) is 12.7 Å². The Bertz CT molecular complexity index is 270. The lowest BCUT2D eigenvalue weighted by Crippen LogP contribution is -2.50. The van der Waals surface area contributed by atoms with Crippen molar-refractivity contribution in [2.24, 2.45) is 0 Å². The highest BCUT2D eigenvalue weighted by atomic mass is 16.2. The van der Waals surface area contributed by atoms with Crippen molar-refractivity contribution in [2.45, 2.75) is 6.92 Å². The quantitative estimate of drug-likeness (QED) is 0.653. The first-order valence-corrected chi connectivity index (χ1v) is 5.49. The minimum Gasteiger partial charge on any atom is -0.352 e. The molecule has 0 unspecified atom stereocenters. The Kier molecular flexibility index (Phi) is 4.98. The molecule has 1 heterocycles. The number of hydrogen-bond acceptors (Lipinski definition) is 3. The zero-order valence-electron chi connectivity index (χ0n) is 9.74. The van der Waals surface area contributed by atoms with Crippen LogP contribution in [0.3, 0.4) is 0 Å². The monoisotopic (exact) mass is 225 g/mol. The average molecular weight is 225 g/mol. The first-order valence-electron chi connectivity index (χ1n) is 5.49. The Labute approximate surface area is 96.1 Å². The second-order valence-corrected chi connectivity index (χ2v) is 3.87. The summed E-state index contributed by atoms with van der Waals surface area (Å²) in [6.45, 7) is 8.98. The molecule has 1 aliphatic rings. The van der Waals surface area contributed by atoms with Crippen LogP contribution in [-0.4, -0.2) is 60.9 Å². The molecule has 1 fully saturated rings. The van der Waals surface area contributed by atoms with Gasteiger partial charge in [0.05, 0.1) is 6.54 Å². The van der Waals surface area contributed by atoms with Gasteiger partial charge in [-0.15, -0.1) is 6.58 Å². The topological polar surface area (TPSA) is 52.7 Å². The van der Waals surface area contributed by atoms with Gasteiger partial charge in [-0.25, -0.2) is 0 Å². The summed E-state index contributed by atoms with van der Waals surface area (Å²) in [5.74, 6) is 0.118. The van der Waals surface area contributed by atoms with Crippen LogP contribution in [0.1, 0.15) is 6.92 Å². The van der Waals surface area contributed by atoms with Gasteiger partial charge < -0.3 is 10.2 Å². The van der Waals surface area contributed by atoms with Gasteiger partial charge in [-0.2, -0.15) is 0 Å². The van der Waals surface area contributed by atoms with Gasteiger partial charge in [0.1, 0.15) is 0 Å². The summed E-state index contributed by atoms with van der Waals surface area (Å²) >= 11 is 0. The van der Waals surface area contributed by atoms with E-state index in [1.807, 2.05) is 0 Å². The summed E-state index contributed by atoms with van der Waals surface area (Å²) in [6.07, 6.45) is 1.66. The van der Waals surface area contributed by atoms with E-state index in [-0.39, 0.29) is 11.8 Å². The number of nitrogens with one attached hydrogen (secondary N) is 1. The number of carbonyl (C=O) groups excluding carboxylic acids is 2. The molecule has 0 aromatic heterocycles. The predicted octanol–water partition coefficient (Wildman–Crippen LogP) is -0.547. The van der Waals surface area contributed by atoms with Gasteiger partial charge in [0.15, 0.2) is 0 Å². The second kappa shape index (κ2) is 6.27. The molecule has 1 aliphatic heterocycles. The zero-order chi connectivity index (χ0) is 12.0. The van der Waals surface area contributed by atoms with Crippen LogP contribution in [0.2, 0.25) is 0 Å². The van der Waals surface area contributed by atoms with Gasteiger partial charge in [-0.3, -0.25) is 14.5 Å². The summed E-state index contributed by atoms with van der Waals surface area (Å²) in [5.41, 5.74) is 0. The average Bonchev–Trinajstić information content (AvgIpc) is 2.27. The third kappa shape index (κ3) is 4.02. The van der Waals surface area contributed by atoms with Gasteiger partial charge in [0, 0.05) is 39.6 Å². The number of hydrogen-bond donors (Lipinski definition) is 1. The minimum atomic E-state index is 0.0103. The van der Waals surface area contributed by atoms with Crippen molar-refractivity contribution in [1.29, 1.82) is 0 Å². The largest absolute Gasteiger partial charge is 0.352 e. The van der Waals surface area contributed by atoms with Crippen LogP contribution in [0.4, 0.5) is 0 Å². The summed E-state index contributed by atoms with van der Waals surface area (Å²) < 4.78 is 0. The molecule has 0 aromatic carbocycles. The molecule has 16 heavy (non-hydrogen) atoms. The van der Waals surface area contributed by atoms with Crippen molar-refractivity contribution >= 4 is 11.8 Å². The van der Waals surface area contributed by atoms with E-state index < -0.39 is 0 Å². The van der Waals surface area contributed by atoms with E-state index >= 15 is 0 Å².